The number of amides is 2. The van der Waals surface area contributed by atoms with E-state index in [1.165, 1.54) is 30.6 Å². The van der Waals surface area contributed by atoms with Crippen LogP contribution in [0.3, 0.4) is 0 Å². The SMILES string of the molecule is O=C1c2cccc3cccc(c23)C(=O)N1c1ccc(/C=C/C2CCCC2)cc1. The van der Waals surface area contributed by atoms with Crippen molar-refractivity contribution < 1.29 is 9.59 Å². The van der Waals surface area contributed by atoms with Gasteiger partial charge in [-0.2, -0.15) is 0 Å². The minimum Gasteiger partial charge on any atom is -0.268 e. The van der Waals surface area contributed by atoms with Crippen molar-refractivity contribution in [1.29, 1.82) is 0 Å². The Morgan fingerprint density at radius 2 is 1.39 bits per heavy atom. The molecule has 3 aromatic carbocycles. The molecule has 1 heterocycles. The molecule has 1 aliphatic carbocycles. The zero-order chi connectivity index (χ0) is 19.1. The molecule has 3 aromatic rings. The van der Waals surface area contributed by atoms with Gasteiger partial charge in [0.05, 0.1) is 5.69 Å². The molecule has 0 spiro atoms. The van der Waals surface area contributed by atoms with Crippen molar-refractivity contribution >= 4 is 34.4 Å². The molecule has 0 bridgehead atoms. The van der Waals surface area contributed by atoms with Gasteiger partial charge >= 0.3 is 0 Å². The Kier molecular flexibility index (Phi) is 4.09. The molecular weight excluding hydrogens is 346 g/mol. The van der Waals surface area contributed by atoms with Crippen molar-refractivity contribution in [1.82, 2.24) is 0 Å². The lowest BCUT2D eigenvalue weighted by Gasteiger charge is -2.27. The first-order valence-electron chi connectivity index (χ1n) is 9.91. The maximum Gasteiger partial charge on any atom is 0.265 e. The van der Waals surface area contributed by atoms with E-state index in [-0.39, 0.29) is 11.8 Å². The second-order valence-corrected chi connectivity index (χ2v) is 7.65. The van der Waals surface area contributed by atoms with Gasteiger partial charge in [-0.3, -0.25) is 9.59 Å². The van der Waals surface area contributed by atoms with Crippen LogP contribution in [0.5, 0.6) is 0 Å². The molecule has 2 aliphatic rings. The fourth-order valence-electron chi connectivity index (χ4n) is 4.40. The van der Waals surface area contributed by atoms with Gasteiger partial charge < -0.3 is 0 Å². The standard InChI is InChI=1S/C25H21NO2/c27-24-21-9-3-7-19-8-4-10-22(23(19)21)25(28)26(24)20-15-13-18(14-16-20)12-11-17-5-1-2-6-17/h3-4,7-17H,1-2,5-6H2/b12-11+. The van der Waals surface area contributed by atoms with E-state index in [0.29, 0.717) is 22.7 Å². The van der Waals surface area contributed by atoms with Gasteiger partial charge in [-0.05, 0) is 54.0 Å². The summed E-state index contributed by atoms with van der Waals surface area (Å²) >= 11 is 0. The fraction of sp³-hybridized carbons (Fsp3) is 0.200. The Morgan fingerprint density at radius 1 is 0.786 bits per heavy atom. The topological polar surface area (TPSA) is 37.4 Å². The molecule has 3 nitrogen and oxygen atoms in total. The third-order valence-electron chi connectivity index (χ3n) is 5.88. The van der Waals surface area contributed by atoms with E-state index in [4.69, 9.17) is 0 Å². The van der Waals surface area contributed by atoms with E-state index in [2.05, 4.69) is 12.2 Å². The second kappa shape index (κ2) is 6.75. The Bertz CT molecular complexity index is 1050. The number of anilines is 1. The van der Waals surface area contributed by atoms with E-state index in [1.54, 1.807) is 12.1 Å². The number of hydrogen-bond donors (Lipinski definition) is 0. The Morgan fingerprint density at radius 3 is 2.00 bits per heavy atom. The summed E-state index contributed by atoms with van der Waals surface area (Å²) in [6.45, 7) is 0. The van der Waals surface area contributed by atoms with Crippen LogP contribution in [0.1, 0.15) is 52.0 Å². The van der Waals surface area contributed by atoms with Crippen LogP contribution < -0.4 is 4.90 Å². The van der Waals surface area contributed by atoms with Gasteiger partial charge in [-0.1, -0.05) is 61.4 Å². The van der Waals surface area contributed by atoms with Crippen molar-refractivity contribution in [3.63, 3.8) is 0 Å². The van der Waals surface area contributed by atoms with Crippen LogP contribution in [0.15, 0.2) is 66.7 Å². The molecule has 0 radical (unpaired) electrons. The van der Waals surface area contributed by atoms with Crippen molar-refractivity contribution in [3.05, 3.63) is 83.4 Å². The molecule has 0 unspecified atom stereocenters. The van der Waals surface area contributed by atoms with Crippen LogP contribution in [0, 0.1) is 5.92 Å². The predicted octanol–water partition coefficient (Wildman–Crippen LogP) is 5.84. The van der Waals surface area contributed by atoms with Crippen LogP contribution in [0.25, 0.3) is 16.8 Å². The average Bonchev–Trinajstić information content (AvgIpc) is 3.25. The van der Waals surface area contributed by atoms with Gasteiger partial charge in [-0.25, -0.2) is 4.90 Å². The van der Waals surface area contributed by atoms with E-state index in [9.17, 15) is 9.59 Å². The number of allylic oxidation sites excluding steroid dienone is 1. The largest absolute Gasteiger partial charge is 0.268 e. The highest BCUT2D eigenvalue weighted by molar-refractivity contribution is 6.35. The summed E-state index contributed by atoms with van der Waals surface area (Å²) in [6, 6.07) is 18.9. The van der Waals surface area contributed by atoms with E-state index in [1.807, 2.05) is 48.5 Å². The third-order valence-corrected chi connectivity index (χ3v) is 5.88. The number of benzene rings is 3. The number of carbonyl (C=O) groups excluding carboxylic acids is 2. The summed E-state index contributed by atoms with van der Waals surface area (Å²) in [5.74, 6) is 0.161. The molecular formula is C25H21NO2. The minimum absolute atomic E-state index is 0.261. The molecule has 138 valence electrons. The number of hydrogen-bond acceptors (Lipinski definition) is 2. The number of rotatable bonds is 3. The van der Waals surface area contributed by atoms with Gasteiger partial charge in [-0.15, -0.1) is 0 Å². The summed E-state index contributed by atoms with van der Waals surface area (Å²) in [7, 11) is 0. The molecule has 5 rings (SSSR count). The number of carbonyl (C=O) groups is 2. The highest BCUT2D eigenvalue weighted by Crippen LogP contribution is 2.33. The Labute approximate surface area is 164 Å². The Balaban J connectivity index is 1.48. The maximum absolute atomic E-state index is 13.1. The molecule has 1 saturated carbocycles. The highest BCUT2D eigenvalue weighted by Gasteiger charge is 2.33. The van der Waals surface area contributed by atoms with Gasteiger partial charge in [0.1, 0.15) is 0 Å². The number of nitrogens with zero attached hydrogens (tertiary/aromatic N) is 1. The van der Waals surface area contributed by atoms with Gasteiger partial charge in [0.25, 0.3) is 11.8 Å². The maximum atomic E-state index is 13.1. The first kappa shape index (κ1) is 16.9. The zero-order valence-corrected chi connectivity index (χ0v) is 15.6. The summed E-state index contributed by atoms with van der Waals surface area (Å²) in [4.78, 5) is 27.5. The lowest BCUT2D eigenvalue weighted by Crippen LogP contribution is -2.40. The molecule has 3 heteroatoms. The van der Waals surface area contributed by atoms with Crippen molar-refractivity contribution in [2.75, 3.05) is 4.90 Å². The van der Waals surface area contributed by atoms with Crippen molar-refractivity contribution in [3.8, 4) is 0 Å². The molecule has 2 amide bonds. The Hall–Kier alpha value is -3.20. The lowest BCUT2D eigenvalue weighted by molar-refractivity contribution is 0.0893. The average molecular weight is 367 g/mol. The molecule has 0 N–H and O–H groups in total. The first-order valence-corrected chi connectivity index (χ1v) is 9.91. The zero-order valence-electron chi connectivity index (χ0n) is 15.6. The molecule has 0 atom stereocenters. The normalized spacial score (nSPS) is 17.2. The van der Waals surface area contributed by atoms with Crippen molar-refractivity contribution in [2.24, 2.45) is 5.92 Å². The van der Waals surface area contributed by atoms with Gasteiger partial charge in [0, 0.05) is 16.5 Å². The van der Waals surface area contributed by atoms with Crippen LogP contribution >= 0.6 is 0 Å². The number of imide groups is 1. The molecule has 0 aromatic heterocycles. The summed E-state index contributed by atoms with van der Waals surface area (Å²) < 4.78 is 0. The van der Waals surface area contributed by atoms with Crippen LogP contribution in [-0.2, 0) is 0 Å². The van der Waals surface area contributed by atoms with Crippen LogP contribution in [0.4, 0.5) is 5.69 Å². The fourth-order valence-corrected chi connectivity index (χ4v) is 4.40. The van der Waals surface area contributed by atoms with E-state index in [0.717, 1.165) is 16.3 Å². The quantitative estimate of drug-likeness (QED) is 0.545. The van der Waals surface area contributed by atoms with Crippen LogP contribution in [-0.4, -0.2) is 11.8 Å². The van der Waals surface area contributed by atoms with Gasteiger partial charge in [0.15, 0.2) is 0 Å². The molecule has 1 aliphatic heterocycles. The highest BCUT2D eigenvalue weighted by atomic mass is 16.2. The smallest absolute Gasteiger partial charge is 0.265 e. The van der Waals surface area contributed by atoms with Gasteiger partial charge in [0.2, 0.25) is 0 Å². The van der Waals surface area contributed by atoms with Crippen molar-refractivity contribution in [2.45, 2.75) is 25.7 Å². The molecule has 28 heavy (non-hydrogen) atoms. The monoisotopic (exact) mass is 367 g/mol. The predicted molar refractivity (Wildman–Crippen MR) is 113 cm³/mol. The summed E-state index contributed by atoms with van der Waals surface area (Å²) in [6.07, 6.45) is 9.63. The summed E-state index contributed by atoms with van der Waals surface area (Å²) in [5.41, 5.74) is 2.87. The van der Waals surface area contributed by atoms with E-state index < -0.39 is 0 Å². The third kappa shape index (κ3) is 2.75. The molecule has 1 fully saturated rings. The summed E-state index contributed by atoms with van der Waals surface area (Å²) in [5, 5.41) is 1.68. The first-order chi connectivity index (χ1) is 13.7. The van der Waals surface area contributed by atoms with E-state index >= 15 is 0 Å². The molecule has 0 saturated heterocycles. The second-order valence-electron chi connectivity index (χ2n) is 7.65. The lowest BCUT2D eigenvalue weighted by atomic mass is 9.93. The van der Waals surface area contributed by atoms with Crippen LogP contribution in [0.2, 0.25) is 0 Å². The minimum atomic E-state index is -0.261.